The zero-order valence-corrected chi connectivity index (χ0v) is 49.7. The lowest BCUT2D eigenvalue weighted by atomic mass is 9.99. The Hall–Kier alpha value is -2.63. The zero-order valence-electron chi connectivity index (χ0n) is 49.7. The zero-order chi connectivity index (χ0) is 55.8. The van der Waals surface area contributed by atoms with Gasteiger partial charge in [-0.1, -0.05) is 285 Å². The van der Waals surface area contributed by atoms with Crippen LogP contribution in [0.1, 0.15) is 284 Å². The van der Waals surface area contributed by atoms with Crippen molar-refractivity contribution in [2.75, 3.05) is 13.2 Å². The average Bonchev–Trinajstić information content (AvgIpc) is 3.43. The molecular weight excluding hydrogens is 959 g/mol. The van der Waals surface area contributed by atoms with Crippen LogP contribution in [0, 0.1) is 0 Å². The smallest absolute Gasteiger partial charge is 0.220 e. The van der Waals surface area contributed by atoms with Crippen LogP contribution in [-0.2, 0) is 14.3 Å². The van der Waals surface area contributed by atoms with E-state index < -0.39 is 49.5 Å². The summed E-state index contributed by atoms with van der Waals surface area (Å²) in [5.41, 5.74) is 0. The molecule has 1 aliphatic rings. The van der Waals surface area contributed by atoms with Crippen molar-refractivity contribution < 1.29 is 39.8 Å². The third kappa shape index (κ3) is 45.8. The minimum Gasteiger partial charge on any atom is -0.394 e. The minimum atomic E-state index is -1.57. The van der Waals surface area contributed by atoms with E-state index in [0.29, 0.717) is 6.42 Å². The molecule has 77 heavy (non-hydrogen) atoms. The highest BCUT2D eigenvalue weighted by atomic mass is 16.7. The summed E-state index contributed by atoms with van der Waals surface area (Å²) in [6, 6.07) is -0.823. The van der Waals surface area contributed by atoms with Gasteiger partial charge < -0.3 is 40.3 Å². The van der Waals surface area contributed by atoms with Crippen LogP contribution >= 0.6 is 0 Å². The number of amides is 1. The lowest BCUT2D eigenvalue weighted by molar-refractivity contribution is -0.302. The summed E-state index contributed by atoms with van der Waals surface area (Å²) in [7, 11) is 0. The van der Waals surface area contributed by atoms with E-state index in [9.17, 15) is 30.3 Å². The summed E-state index contributed by atoms with van der Waals surface area (Å²) in [4.78, 5) is 13.1. The molecule has 6 N–H and O–H groups in total. The first-order chi connectivity index (χ1) is 37.8. The van der Waals surface area contributed by atoms with Gasteiger partial charge >= 0.3 is 0 Å². The number of aliphatic hydroxyl groups is 5. The fourth-order valence-corrected chi connectivity index (χ4v) is 9.91. The molecule has 1 fully saturated rings. The van der Waals surface area contributed by atoms with E-state index in [1.54, 1.807) is 6.08 Å². The number of allylic oxidation sites excluding steroid dienone is 13. The van der Waals surface area contributed by atoms with Crippen molar-refractivity contribution in [2.45, 2.75) is 326 Å². The molecule has 0 aromatic heterocycles. The molecule has 0 bridgehead atoms. The quantitative estimate of drug-likeness (QED) is 0.0261. The highest BCUT2D eigenvalue weighted by Crippen LogP contribution is 2.23. The molecule has 0 aromatic rings. The fraction of sp³-hybridized carbons (Fsp3) is 0.779. The van der Waals surface area contributed by atoms with Gasteiger partial charge in [0.25, 0.3) is 0 Å². The van der Waals surface area contributed by atoms with Crippen molar-refractivity contribution in [1.82, 2.24) is 5.32 Å². The van der Waals surface area contributed by atoms with Crippen LogP contribution in [-0.4, -0.2) is 87.5 Å². The Morgan fingerprint density at radius 1 is 0.455 bits per heavy atom. The molecule has 446 valence electrons. The first-order valence-corrected chi connectivity index (χ1v) is 32.3. The van der Waals surface area contributed by atoms with Gasteiger partial charge in [-0.3, -0.25) is 4.79 Å². The number of rotatable bonds is 55. The lowest BCUT2D eigenvalue weighted by Gasteiger charge is -2.40. The molecular formula is C68H121NO8. The predicted molar refractivity (Wildman–Crippen MR) is 327 cm³/mol. The summed E-state index contributed by atoms with van der Waals surface area (Å²) < 4.78 is 11.3. The molecule has 1 rings (SSSR count). The maximum absolute atomic E-state index is 13.1. The first kappa shape index (κ1) is 72.4. The number of ether oxygens (including phenoxy) is 2. The maximum Gasteiger partial charge on any atom is 0.220 e. The van der Waals surface area contributed by atoms with E-state index in [1.807, 2.05) is 6.08 Å². The van der Waals surface area contributed by atoms with E-state index in [2.05, 4.69) is 92.1 Å². The lowest BCUT2D eigenvalue weighted by Crippen LogP contribution is -2.60. The Kier molecular flexibility index (Phi) is 53.2. The Morgan fingerprint density at radius 3 is 1.25 bits per heavy atom. The third-order valence-electron chi connectivity index (χ3n) is 15.0. The van der Waals surface area contributed by atoms with Gasteiger partial charge in [0.2, 0.25) is 5.91 Å². The van der Waals surface area contributed by atoms with E-state index in [-0.39, 0.29) is 12.5 Å². The fourth-order valence-electron chi connectivity index (χ4n) is 9.91. The Bertz CT molecular complexity index is 1490. The van der Waals surface area contributed by atoms with Gasteiger partial charge in [0.15, 0.2) is 6.29 Å². The van der Waals surface area contributed by atoms with Crippen LogP contribution in [0.5, 0.6) is 0 Å². The number of carbonyl (C=O) groups is 1. The van der Waals surface area contributed by atoms with Crippen LogP contribution in [0.15, 0.2) is 85.1 Å². The molecule has 7 unspecified atom stereocenters. The monoisotopic (exact) mass is 1080 g/mol. The van der Waals surface area contributed by atoms with Crippen LogP contribution in [0.3, 0.4) is 0 Å². The van der Waals surface area contributed by atoms with Crippen LogP contribution in [0.4, 0.5) is 0 Å². The van der Waals surface area contributed by atoms with Crippen molar-refractivity contribution in [3.8, 4) is 0 Å². The second-order valence-corrected chi connectivity index (χ2v) is 22.2. The Labute approximate surface area is 473 Å². The molecule has 0 saturated carbocycles. The van der Waals surface area contributed by atoms with Gasteiger partial charge in [-0.25, -0.2) is 0 Å². The van der Waals surface area contributed by atoms with Crippen LogP contribution in [0.25, 0.3) is 0 Å². The van der Waals surface area contributed by atoms with Crippen molar-refractivity contribution in [1.29, 1.82) is 0 Å². The molecule has 7 atom stereocenters. The SMILES string of the molecule is CC/C=C\C/C=C\C/C=C\C/C=C\C/C=C\CCCCCCCCCCCCCCCCCCCCCCCCCC(=O)NC(COC1OC(CO)C(O)C(O)C1O)C(O)/C=C/CC/C=C/CCCCCCCCCCC. The van der Waals surface area contributed by atoms with Gasteiger partial charge in [0.1, 0.15) is 24.4 Å². The van der Waals surface area contributed by atoms with Crippen molar-refractivity contribution in [2.24, 2.45) is 0 Å². The number of hydrogen-bond donors (Lipinski definition) is 6. The number of unbranched alkanes of at least 4 members (excludes halogenated alkanes) is 33. The number of hydrogen-bond acceptors (Lipinski definition) is 8. The molecule has 1 heterocycles. The standard InChI is InChI=1S/C68H121NO8/c1-3-5-7-9-11-13-15-17-19-20-21-22-23-24-25-26-27-28-29-30-31-32-33-34-35-36-37-38-39-40-41-42-44-46-48-50-52-54-56-58-64(72)69-61(60-76-68-67(75)66(74)65(73)63(59-70)77-68)62(71)57-55-53-51-49-47-45-43-18-16-14-12-10-8-6-4-2/h5,7,11,13,17,19,21-22,24-25,47,49,55,57,61-63,65-68,70-71,73-75H,3-4,6,8-10,12,14-16,18,20,23,26-46,48,50-54,56,58-60H2,1-2H3,(H,69,72)/b7-5-,13-11-,19-17-,22-21-,25-24-,49-47+,57-55+. The topological polar surface area (TPSA) is 149 Å². The van der Waals surface area contributed by atoms with Gasteiger partial charge in [-0.2, -0.15) is 0 Å². The van der Waals surface area contributed by atoms with Crippen molar-refractivity contribution in [3.63, 3.8) is 0 Å². The summed E-state index contributed by atoms with van der Waals surface area (Å²) in [5.74, 6) is -0.184. The largest absolute Gasteiger partial charge is 0.394 e. The highest BCUT2D eigenvalue weighted by molar-refractivity contribution is 5.76. The van der Waals surface area contributed by atoms with Gasteiger partial charge in [0.05, 0.1) is 25.4 Å². The normalized spacial score (nSPS) is 19.3. The van der Waals surface area contributed by atoms with Crippen LogP contribution < -0.4 is 5.32 Å². The van der Waals surface area contributed by atoms with Gasteiger partial charge in [0, 0.05) is 6.42 Å². The second-order valence-electron chi connectivity index (χ2n) is 22.2. The molecule has 0 radical (unpaired) electrons. The molecule has 9 heteroatoms. The Morgan fingerprint density at radius 2 is 0.818 bits per heavy atom. The summed E-state index contributed by atoms with van der Waals surface area (Å²) in [5, 5.41) is 54.5. The first-order valence-electron chi connectivity index (χ1n) is 32.3. The van der Waals surface area contributed by atoms with Crippen LogP contribution in [0.2, 0.25) is 0 Å². The van der Waals surface area contributed by atoms with E-state index >= 15 is 0 Å². The Balaban J connectivity index is 2.07. The van der Waals surface area contributed by atoms with Gasteiger partial charge in [-0.05, 0) is 77.0 Å². The molecule has 9 nitrogen and oxygen atoms in total. The van der Waals surface area contributed by atoms with E-state index in [4.69, 9.17) is 9.47 Å². The van der Waals surface area contributed by atoms with Crippen molar-refractivity contribution in [3.05, 3.63) is 85.1 Å². The number of carbonyl (C=O) groups excluding carboxylic acids is 1. The summed E-state index contributed by atoms with van der Waals surface area (Å²) >= 11 is 0. The predicted octanol–water partition coefficient (Wildman–Crippen LogP) is 17.0. The second kappa shape index (κ2) is 56.6. The van der Waals surface area contributed by atoms with Gasteiger partial charge in [-0.15, -0.1) is 0 Å². The molecule has 0 aromatic carbocycles. The number of nitrogens with one attached hydrogen (secondary N) is 1. The molecule has 1 saturated heterocycles. The molecule has 0 aliphatic carbocycles. The van der Waals surface area contributed by atoms with Crippen molar-refractivity contribution >= 4 is 5.91 Å². The van der Waals surface area contributed by atoms with E-state index in [1.165, 1.54) is 193 Å². The highest BCUT2D eigenvalue weighted by Gasteiger charge is 2.44. The summed E-state index contributed by atoms with van der Waals surface area (Å²) in [6.45, 7) is 3.66. The maximum atomic E-state index is 13.1. The molecule has 1 aliphatic heterocycles. The summed E-state index contributed by atoms with van der Waals surface area (Å²) in [6.07, 6.45) is 74.0. The van der Waals surface area contributed by atoms with E-state index in [0.717, 1.165) is 70.6 Å². The average molecular weight is 1080 g/mol. The third-order valence-corrected chi connectivity index (χ3v) is 15.0. The minimum absolute atomic E-state index is 0.184. The molecule has 0 spiro atoms. The molecule has 1 amide bonds. The number of aliphatic hydroxyl groups excluding tert-OH is 5.